The fourth-order valence-corrected chi connectivity index (χ4v) is 3.95. The minimum Gasteiger partial charge on any atom is -0.493 e. The van der Waals surface area contributed by atoms with Crippen LogP contribution in [0.5, 0.6) is 11.5 Å². The summed E-state index contributed by atoms with van der Waals surface area (Å²) in [7, 11) is 3.25. The minimum atomic E-state index is -0.0400. The predicted octanol–water partition coefficient (Wildman–Crippen LogP) is 4.76. The Bertz CT molecular complexity index is 1080. The van der Waals surface area contributed by atoms with Crippen LogP contribution in [0.4, 0.5) is 0 Å². The number of hydrogen-bond acceptors (Lipinski definition) is 3. The van der Waals surface area contributed by atoms with E-state index in [4.69, 9.17) is 9.47 Å². The first kappa shape index (κ1) is 22.5. The molecule has 0 aliphatic carbocycles. The number of aryl methyl sites for hydroxylation is 1. The Kier molecular flexibility index (Phi) is 7.06. The highest BCUT2D eigenvalue weighted by Crippen LogP contribution is 2.27. The molecule has 0 bridgehead atoms. The van der Waals surface area contributed by atoms with Gasteiger partial charge in [-0.3, -0.25) is 4.79 Å². The fourth-order valence-electron chi connectivity index (χ4n) is 3.95. The normalized spacial score (nSPS) is 10.8. The molecule has 3 rings (SSSR count). The van der Waals surface area contributed by atoms with Gasteiger partial charge < -0.3 is 19.4 Å². The average Bonchev–Trinajstić information content (AvgIpc) is 2.97. The van der Waals surface area contributed by atoms with Crippen molar-refractivity contribution >= 4 is 5.91 Å². The maximum atomic E-state index is 13.1. The van der Waals surface area contributed by atoms with Gasteiger partial charge >= 0.3 is 0 Å². The van der Waals surface area contributed by atoms with E-state index in [1.807, 2.05) is 25.1 Å². The molecule has 1 N–H and O–H groups in total. The van der Waals surface area contributed by atoms with Crippen molar-refractivity contribution in [2.75, 3.05) is 20.8 Å². The standard InChI is InChI=1S/C26H32N2O3/c1-17-8-7-9-22(14-17)16-28-20(4)18(2)19(3)25(28)26(29)27-13-12-21-10-11-23(30-5)24(15-21)31-6/h7-11,14-15H,12-13,16H2,1-6H3,(H,27,29). The molecule has 2 aromatic carbocycles. The highest BCUT2D eigenvalue weighted by atomic mass is 16.5. The van der Waals surface area contributed by atoms with Crippen molar-refractivity contribution in [1.82, 2.24) is 9.88 Å². The van der Waals surface area contributed by atoms with Crippen LogP contribution in [0.2, 0.25) is 0 Å². The van der Waals surface area contributed by atoms with E-state index in [0.29, 0.717) is 31.0 Å². The van der Waals surface area contributed by atoms with Gasteiger partial charge in [-0.05, 0) is 68.5 Å². The third kappa shape index (κ3) is 4.93. The third-order valence-electron chi connectivity index (χ3n) is 5.92. The van der Waals surface area contributed by atoms with Gasteiger partial charge in [0.05, 0.1) is 14.2 Å². The van der Waals surface area contributed by atoms with Crippen LogP contribution >= 0.6 is 0 Å². The SMILES string of the molecule is COc1ccc(CCNC(=O)c2c(C)c(C)c(C)n2Cc2cccc(C)c2)cc1OC. The molecule has 0 fully saturated rings. The lowest BCUT2D eigenvalue weighted by Gasteiger charge is -2.14. The average molecular weight is 421 g/mol. The molecular formula is C26H32N2O3. The maximum absolute atomic E-state index is 13.1. The summed E-state index contributed by atoms with van der Waals surface area (Å²) in [6.07, 6.45) is 0.710. The number of nitrogens with zero attached hydrogens (tertiary/aromatic N) is 1. The summed E-state index contributed by atoms with van der Waals surface area (Å²) in [5, 5.41) is 3.10. The quantitative estimate of drug-likeness (QED) is 0.572. The molecule has 0 atom stereocenters. The largest absolute Gasteiger partial charge is 0.493 e. The summed E-state index contributed by atoms with van der Waals surface area (Å²) in [4.78, 5) is 13.1. The Balaban J connectivity index is 1.75. The van der Waals surface area contributed by atoms with Crippen LogP contribution in [0.15, 0.2) is 42.5 Å². The fraction of sp³-hybridized carbons (Fsp3) is 0.346. The molecular weight excluding hydrogens is 388 g/mol. The Hall–Kier alpha value is -3.21. The number of methoxy groups -OCH3 is 2. The van der Waals surface area contributed by atoms with Crippen LogP contribution in [0.25, 0.3) is 0 Å². The summed E-state index contributed by atoms with van der Waals surface area (Å²) in [6, 6.07) is 14.3. The number of carbonyl (C=O) groups excluding carboxylic acids is 1. The van der Waals surface area contributed by atoms with E-state index in [1.54, 1.807) is 14.2 Å². The van der Waals surface area contributed by atoms with Gasteiger partial charge in [0.15, 0.2) is 11.5 Å². The number of nitrogens with one attached hydrogen (secondary N) is 1. The molecule has 5 nitrogen and oxygen atoms in total. The smallest absolute Gasteiger partial charge is 0.268 e. The molecule has 0 unspecified atom stereocenters. The zero-order valence-corrected chi connectivity index (χ0v) is 19.3. The van der Waals surface area contributed by atoms with Gasteiger partial charge in [0, 0.05) is 18.8 Å². The van der Waals surface area contributed by atoms with E-state index in [9.17, 15) is 4.79 Å². The molecule has 3 aromatic rings. The van der Waals surface area contributed by atoms with Gasteiger partial charge in [0.25, 0.3) is 5.91 Å². The van der Waals surface area contributed by atoms with Crippen molar-refractivity contribution in [2.24, 2.45) is 0 Å². The molecule has 0 aliphatic rings. The number of ether oxygens (including phenoxy) is 2. The van der Waals surface area contributed by atoms with Crippen LogP contribution in [0.1, 0.15) is 44.0 Å². The summed E-state index contributed by atoms with van der Waals surface area (Å²) in [6.45, 7) is 9.50. The molecule has 0 saturated carbocycles. The Morgan fingerprint density at radius 2 is 1.65 bits per heavy atom. The molecule has 164 valence electrons. The van der Waals surface area contributed by atoms with Crippen LogP contribution in [0.3, 0.4) is 0 Å². The Labute approximate surface area is 185 Å². The lowest BCUT2D eigenvalue weighted by Crippen LogP contribution is -2.29. The number of aromatic nitrogens is 1. The second kappa shape index (κ2) is 9.73. The molecule has 31 heavy (non-hydrogen) atoms. The number of hydrogen-bond donors (Lipinski definition) is 1. The highest BCUT2D eigenvalue weighted by molar-refractivity contribution is 5.95. The van der Waals surface area contributed by atoms with Crippen molar-refractivity contribution in [3.8, 4) is 11.5 Å². The molecule has 5 heteroatoms. The van der Waals surface area contributed by atoms with Gasteiger partial charge in [-0.25, -0.2) is 0 Å². The first-order valence-corrected chi connectivity index (χ1v) is 10.6. The van der Waals surface area contributed by atoms with Gasteiger partial charge in [-0.2, -0.15) is 0 Å². The minimum absolute atomic E-state index is 0.0400. The van der Waals surface area contributed by atoms with Crippen molar-refractivity contribution in [2.45, 2.75) is 40.7 Å². The monoisotopic (exact) mass is 420 g/mol. The number of amides is 1. The van der Waals surface area contributed by atoms with Gasteiger partial charge in [0.2, 0.25) is 0 Å². The molecule has 0 spiro atoms. The molecule has 1 aromatic heterocycles. The Morgan fingerprint density at radius 3 is 2.32 bits per heavy atom. The van der Waals surface area contributed by atoms with E-state index in [2.05, 4.69) is 54.9 Å². The first-order chi connectivity index (χ1) is 14.8. The molecule has 0 radical (unpaired) electrons. The van der Waals surface area contributed by atoms with E-state index in [1.165, 1.54) is 11.1 Å². The van der Waals surface area contributed by atoms with Crippen LogP contribution in [-0.4, -0.2) is 31.2 Å². The second-order valence-electron chi connectivity index (χ2n) is 7.95. The molecule has 0 aliphatic heterocycles. The van der Waals surface area contributed by atoms with Crippen LogP contribution < -0.4 is 14.8 Å². The van der Waals surface area contributed by atoms with Crippen LogP contribution in [0, 0.1) is 27.7 Å². The van der Waals surface area contributed by atoms with E-state index in [-0.39, 0.29) is 5.91 Å². The summed E-state index contributed by atoms with van der Waals surface area (Å²) in [5.74, 6) is 1.35. The Morgan fingerprint density at radius 1 is 0.903 bits per heavy atom. The molecule has 0 saturated heterocycles. The number of carbonyl (C=O) groups is 1. The molecule has 1 heterocycles. The number of benzene rings is 2. The highest BCUT2D eigenvalue weighted by Gasteiger charge is 2.20. The van der Waals surface area contributed by atoms with E-state index in [0.717, 1.165) is 28.1 Å². The van der Waals surface area contributed by atoms with Crippen molar-refractivity contribution < 1.29 is 14.3 Å². The van der Waals surface area contributed by atoms with Crippen molar-refractivity contribution in [3.63, 3.8) is 0 Å². The summed E-state index contributed by atoms with van der Waals surface area (Å²) < 4.78 is 12.8. The van der Waals surface area contributed by atoms with Gasteiger partial charge in [-0.1, -0.05) is 35.9 Å². The zero-order chi connectivity index (χ0) is 22.5. The van der Waals surface area contributed by atoms with Gasteiger partial charge in [0.1, 0.15) is 5.69 Å². The first-order valence-electron chi connectivity index (χ1n) is 10.6. The topological polar surface area (TPSA) is 52.5 Å². The summed E-state index contributed by atoms with van der Waals surface area (Å²) >= 11 is 0. The number of rotatable bonds is 8. The van der Waals surface area contributed by atoms with E-state index < -0.39 is 0 Å². The van der Waals surface area contributed by atoms with Crippen molar-refractivity contribution in [1.29, 1.82) is 0 Å². The second-order valence-corrected chi connectivity index (χ2v) is 7.95. The van der Waals surface area contributed by atoms with Crippen LogP contribution in [-0.2, 0) is 13.0 Å². The zero-order valence-electron chi connectivity index (χ0n) is 19.3. The maximum Gasteiger partial charge on any atom is 0.268 e. The van der Waals surface area contributed by atoms with E-state index >= 15 is 0 Å². The third-order valence-corrected chi connectivity index (χ3v) is 5.92. The lowest BCUT2D eigenvalue weighted by atomic mass is 10.1. The van der Waals surface area contributed by atoms with Crippen molar-refractivity contribution in [3.05, 3.63) is 81.7 Å². The molecule has 1 amide bonds. The van der Waals surface area contributed by atoms with Gasteiger partial charge in [-0.15, -0.1) is 0 Å². The lowest BCUT2D eigenvalue weighted by molar-refractivity contribution is 0.0944. The predicted molar refractivity (Wildman–Crippen MR) is 125 cm³/mol. The summed E-state index contributed by atoms with van der Waals surface area (Å²) in [5.41, 5.74) is 7.56.